The summed E-state index contributed by atoms with van der Waals surface area (Å²) >= 11 is 0. The summed E-state index contributed by atoms with van der Waals surface area (Å²) in [4.78, 5) is 23.4. The Morgan fingerprint density at radius 2 is 2.05 bits per heavy atom. The van der Waals surface area contributed by atoms with Crippen molar-refractivity contribution in [1.82, 2.24) is 5.32 Å². The largest absolute Gasteiger partial charge is 0.481 e. The van der Waals surface area contributed by atoms with Gasteiger partial charge in [-0.1, -0.05) is 12.8 Å². The van der Waals surface area contributed by atoms with Gasteiger partial charge in [0.25, 0.3) is 5.91 Å². The molecule has 2 rings (SSSR count). The van der Waals surface area contributed by atoms with Gasteiger partial charge in [0.1, 0.15) is 0 Å². The number of hydrogen-bond donors (Lipinski definition) is 3. The van der Waals surface area contributed by atoms with Crippen LogP contribution in [-0.2, 0) is 4.79 Å². The zero-order chi connectivity index (χ0) is 15.4. The number of carbonyl (C=O) groups excluding carboxylic acids is 1. The summed E-state index contributed by atoms with van der Waals surface area (Å²) in [6, 6.07) is 5.15. The maximum atomic E-state index is 12.1. The first kappa shape index (κ1) is 15.4. The maximum Gasteiger partial charge on any atom is 0.306 e. The van der Waals surface area contributed by atoms with E-state index in [-0.39, 0.29) is 17.7 Å². The maximum absolute atomic E-state index is 12.1. The van der Waals surface area contributed by atoms with Gasteiger partial charge >= 0.3 is 5.97 Å². The number of rotatable bonds is 4. The van der Waals surface area contributed by atoms with E-state index in [9.17, 15) is 14.7 Å². The van der Waals surface area contributed by atoms with E-state index < -0.39 is 5.97 Å². The van der Waals surface area contributed by atoms with Crippen molar-refractivity contribution in [2.45, 2.75) is 32.6 Å². The van der Waals surface area contributed by atoms with E-state index in [1.54, 1.807) is 18.2 Å². The SMILES string of the molecule is Cc1cc(C(=O)NCC2CCCCC2C(=O)O)ccc1N. The Bertz CT molecular complexity index is 542. The lowest BCUT2D eigenvalue weighted by atomic mass is 9.79. The smallest absolute Gasteiger partial charge is 0.306 e. The first-order valence-electron chi connectivity index (χ1n) is 7.36. The van der Waals surface area contributed by atoms with Gasteiger partial charge in [0, 0.05) is 17.8 Å². The topological polar surface area (TPSA) is 92.4 Å². The molecule has 0 spiro atoms. The van der Waals surface area contributed by atoms with Crippen molar-refractivity contribution in [2.75, 3.05) is 12.3 Å². The first-order chi connectivity index (χ1) is 9.99. The van der Waals surface area contributed by atoms with Gasteiger partial charge in [0.2, 0.25) is 0 Å². The minimum atomic E-state index is -0.753. The highest BCUT2D eigenvalue weighted by Gasteiger charge is 2.30. The van der Waals surface area contributed by atoms with Gasteiger partial charge in [-0.15, -0.1) is 0 Å². The number of hydrogen-bond acceptors (Lipinski definition) is 3. The molecule has 1 aliphatic carbocycles. The molecule has 0 bridgehead atoms. The molecule has 0 heterocycles. The number of aliphatic carboxylic acids is 1. The number of nitrogens with two attached hydrogens (primary N) is 1. The zero-order valence-corrected chi connectivity index (χ0v) is 12.3. The van der Waals surface area contributed by atoms with Crippen LogP contribution in [0, 0.1) is 18.8 Å². The van der Waals surface area contributed by atoms with Crippen LogP contribution in [0.25, 0.3) is 0 Å². The summed E-state index contributed by atoms with van der Waals surface area (Å²) in [7, 11) is 0. The minimum absolute atomic E-state index is 0.0232. The highest BCUT2D eigenvalue weighted by Crippen LogP contribution is 2.29. The van der Waals surface area contributed by atoms with E-state index in [0.29, 0.717) is 24.2 Å². The van der Waals surface area contributed by atoms with Crippen molar-refractivity contribution in [1.29, 1.82) is 0 Å². The summed E-state index contributed by atoms with van der Waals surface area (Å²) in [6.45, 7) is 2.27. The summed E-state index contributed by atoms with van der Waals surface area (Å²) < 4.78 is 0. The molecular formula is C16H22N2O3. The highest BCUT2D eigenvalue weighted by atomic mass is 16.4. The number of benzene rings is 1. The third-order valence-electron chi connectivity index (χ3n) is 4.28. The number of aryl methyl sites for hydroxylation is 1. The number of carboxylic acids is 1. The molecule has 21 heavy (non-hydrogen) atoms. The van der Waals surface area contributed by atoms with Crippen LogP contribution in [0.15, 0.2) is 18.2 Å². The Morgan fingerprint density at radius 3 is 2.71 bits per heavy atom. The van der Waals surface area contributed by atoms with Crippen molar-refractivity contribution in [2.24, 2.45) is 11.8 Å². The van der Waals surface area contributed by atoms with E-state index in [1.165, 1.54) is 0 Å². The second-order valence-electron chi connectivity index (χ2n) is 5.77. The van der Waals surface area contributed by atoms with Gasteiger partial charge in [-0.2, -0.15) is 0 Å². The van der Waals surface area contributed by atoms with Crippen LogP contribution in [0.5, 0.6) is 0 Å². The van der Waals surface area contributed by atoms with E-state index in [1.807, 2.05) is 6.92 Å². The quantitative estimate of drug-likeness (QED) is 0.741. The lowest BCUT2D eigenvalue weighted by molar-refractivity contribution is -0.144. The van der Waals surface area contributed by atoms with Gasteiger partial charge in [-0.05, 0) is 49.4 Å². The van der Waals surface area contributed by atoms with Crippen molar-refractivity contribution in [3.05, 3.63) is 29.3 Å². The molecule has 1 saturated carbocycles. The van der Waals surface area contributed by atoms with Crippen molar-refractivity contribution in [3.63, 3.8) is 0 Å². The molecule has 0 aliphatic heterocycles. The molecule has 1 aromatic carbocycles. The monoisotopic (exact) mass is 290 g/mol. The number of carbonyl (C=O) groups is 2. The molecule has 114 valence electrons. The lowest BCUT2D eigenvalue weighted by Crippen LogP contribution is -2.37. The van der Waals surface area contributed by atoms with Crippen molar-refractivity contribution in [3.8, 4) is 0 Å². The van der Waals surface area contributed by atoms with Crippen LogP contribution in [0.2, 0.25) is 0 Å². The highest BCUT2D eigenvalue weighted by molar-refractivity contribution is 5.94. The fraction of sp³-hybridized carbons (Fsp3) is 0.500. The summed E-state index contributed by atoms with van der Waals surface area (Å²) in [5, 5.41) is 12.1. The van der Waals surface area contributed by atoms with Crippen LogP contribution < -0.4 is 11.1 Å². The molecule has 1 aliphatic rings. The normalized spacial score (nSPS) is 21.8. The summed E-state index contributed by atoms with van der Waals surface area (Å²) in [5.41, 5.74) is 7.82. The Morgan fingerprint density at radius 1 is 1.33 bits per heavy atom. The molecule has 0 saturated heterocycles. The van der Waals surface area contributed by atoms with E-state index in [2.05, 4.69) is 5.32 Å². The fourth-order valence-electron chi connectivity index (χ4n) is 2.92. The van der Waals surface area contributed by atoms with Crippen LogP contribution in [0.4, 0.5) is 5.69 Å². The number of nitrogen functional groups attached to an aromatic ring is 1. The van der Waals surface area contributed by atoms with Crippen LogP contribution in [0.3, 0.4) is 0 Å². The van der Waals surface area contributed by atoms with Gasteiger partial charge in [0.15, 0.2) is 0 Å². The average molecular weight is 290 g/mol. The Balaban J connectivity index is 1.96. The molecule has 2 atom stereocenters. The van der Waals surface area contributed by atoms with Gasteiger partial charge in [0.05, 0.1) is 5.92 Å². The summed E-state index contributed by atoms with van der Waals surface area (Å²) in [5.74, 6) is -1.24. The molecule has 5 heteroatoms. The third-order valence-corrected chi connectivity index (χ3v) is 4.28. The van der Waals surface area contributed by atoms with E-state index >= 15 is 0 Å². The molecule has 1 amide bonds. The molecule has 2 unspecified atom stereocenters. The molecule has 0 radical (unpaired) electrons. The first-order valence-corrected chi connectivity index (χ1v) is 7.36. The standard InChI is InChI=1S/C16H22N2O3/c1-10-8-11(6-7-14(10)17)15(19)18-9-12-4-2-3-5-13(12)16(20)21/h6-8,12-13H,2-5,9,17H2,1H3,(H,18,19)(H,20,21). The second kappa shape index (κ2) is 6.61. The number of amides is 1. The van der Waals surface area contributed by atoms with Crippen LogP contribution in [-0.4, -0.2) is 23.5 Å². The minimum Gasteiger partial charge on any atom is -0.481 e. The van der Waals surface area contributed by atoms with E-state index in [0.717, 1.165) is 24.8 Å². The number of anilines is 1. The molecular weight excluding hydrogens is 268 g/mol. The van der Waals surface area contributed by atoms with Crippen LogP contribution in [0.1, 0.15) is 41.6 Å². The Labute approximate surface area is 124 Å². The molecule has 4 N–H and O–H groups in total. The predicted molar refractivity (Wildman–Crippen MR) is 81.0 cm³/mol. The molecule has 1 aromatic rings. The molecule has 5 nitrogen and oxygen atoms in total. The Hall–Kier alpha value is -2.04. The Kier molecular flexibility index (Phi) is 4.83. The van der Waals surface area contributed by atoms with Gasteiger partial charge in [-0.25, -0.2) is 0 Å². The van der Waals surface area contributed by atoms with Crippen molar-refractivity contribution >= 4 is 17.6 Å². The van der Waals surface area contributed by atoms with Crippen molar-refractivity contribution < 1.29 is 14.7 Å². The van der Waals surface area contributed by atoms with E-state index in [4.69, 9.17) is 5.73 Å². The number of carboxylic acid groups (broad SMARTS) is 1. The third kappa shape index (κ3) is 3.74. The second-order valence-corrected chi connectivity index (χ2v) is 5.77. The average Bonchev–Trinajstić information content (AvgIpc) is 2.47. The predicted octanol–water partition coefficient (Wildman–Crippen LogP) is 2.20. The van der Waals surface area contributed by atoms with Gasteiger partial charge < -0.3 is 16.2 Å². The number of nitrogens with one attached hydrogen (secondary N) is 1. The zero-order valence-electron chi connectivity index (χ0n) is 12.3. The lowest BCUT2D eigenvalue weighted by Gasteiger charge is -2.28. The fourth-order valence-corrected chi connectivity index (χ4v) is 2.92. The van der Waals surface area contributed by atoms with Gasteiger partial charge in [-0.3, -0.25) is 9.59 Å². The summed E-state index contributed by atoms with van der Waals surface area (Å²) in [6.07, 6.45) is 3.55. The molecule has 1 fully saturated rings. The molecule has 0 aromatic heterocycles. The van der Waals surface area contributed by atoms with Crippen LogP contribution >= 0.6 is 0 Å².